The summed E-state index contributed by atoms with van der Waals surface area (Å²) in [5.74, 6) is 0. The zero-order valence-corrected chi connectivity index (χ0v) is 12.4. The monoisotopic (exact) mass is 318 g/mol. The first-order chi connectivity index (χ1) is 10.1. The molecule has 0 saturated heterocycles. The highest BCUT2D eigenvalue weighted by molar-refractivity contribution is 7.88. The van der Waals surface area contributed by atoms with Crippen LogP contribution >= 0.6 is 11.6 Å². The standard InChI is InChI=1S/C15H11ClN2O2S/c16-13-14(11-7-3-1-4-8-11)17-21(19,20)18-15(13)12-9-5-2-6-10-12/h1-10,17H. The maximum Gasteiger partial charge on any atom is 0.342 e. The minimum absolute atomic E-state index is 0.245. The summed E-state index contributed by atoms with van der Waals surface area (Å²) in [7, 11) is -3.81. The largest absolute Gasteiger partial charge is 0.342 e. The van der Waals surface area contributed by atoms with E-state index in [0.717, 1.165) is 0 Å². The minimum Gasteiger partial charge on any atom is -0.263 e. The molecule has 2 aromatic carbocycles. The number of rotatable bonds is 2. The number of halogens is 1. The molecule has 0 radical (unpaired) electrons. The molecule has 0 unspecified atom stereocenters. The first-order valence-corrected chi connectivity index (χ1v) is 8.02. The van der Waals surface area contributed by atoms with Gasteiger partial charge in [-0.3, -0.25) is 4.72 Å². The summed E-state index contributed by atoms with van der Waals surface area (Å²) >= 11 is 6.37. The van der Waals surface area contributed by atoms with Gasteiger partial charge in [0.25, 0.3) is 0 Å². The van der Waals surface area contributed by atoms with Crippen LogP contribution in [0.2, 0.25) is 0 Å². The molecule has 106 valence electrons. The highest BCUT2D eigenvalue weighted by Gasteiger charge is 2.26. The van der Waals surface area contributed by atoms with Crippen molar-refractivity contribution in [3.8, 4) is 0 Å². The quantitative estimate of drug-likeness (QED) is 0.925. The van der Waals surface area contributed by atoms with Gasteiger partial charge in [0, 0.05) is 11.1 Å². The third-order valence-electron chi connectivity index (χ3n) is 2.98. The molecule has 0 aromatic heterocycles. The second-order valence-corrected chi connectivity index (χ2v) is 6.15. The Bertz CT molecular complexity index is 828. The molecule has 6 heteroatoms. The van der Waals surface area contributed by atoms with E-state index in [4.69, 9.17) is 11.6 Å². The fourth-order valence-corrected chi connectivity index (χ4v) is 3.42. The van der Waals surface area contributed by atoms with Crippen molar-refractivity contribution in [1.82, 2.24) is 4.72 Å². The summed E-state index contributed by atoms with van der Waals surface area (Å²) in [4.78, 5) is 0. The van der Waals surface area contributed by atoms with Crippen LogP contribution in [0.5, 0.6) is 0 Å². The van der Waals surface area contributed by atoms with Gasteiger partial charge < -0.3 is 0 Å². The Hall–Kier alpha value is -2.11. The van der Waals surface area contributed by atoms with Crippen LogP contribution in [-0.4, -0.2) is 14.1 Å². The van der Waals surface area contributed by atoms with E-state index in [1.54, 1.807) is 36.4 Å². The van der Waals surface area contributed by atoms with E-state index >= 15 is 0 Å². The van der Waals surface area contributed by atoms with Crippen LogP contribution in [0.3, 0.4) is 0 Å². The molecule has 0 atom stereocenters. The van der Waals surface area contributed by atoms with Gasteiger partial charge >= 0.3 is 10.2 Å². The lowest BCUT2D eigenvalue weighted by molar-refractivity contribution is 0.593. The van der Waals surface area contributed by atoms with Gasteiger partial charge in [0.1, 0.15) is 5.71 Å². The van der Waals surface area contributed by atoms with Crippen molar-refractivity contribution in [3.63, 3.8) is 0 Å². The molecule has 1 aliphatic heterocycles. The zero-order chi connectivity index (χ0) is 14.9. The second kappa shape index (κ2) is 5.35. The van der Waals surface area contributed by atoms with Crippen LogP contribution < -0.4 is 4.72 Å². The molecule has 0 fully saturated rings. The molecular weight excluding hydrogens is 308 g/mol. The molecule has 2 aromatic rings. The maximum absolute atomic E-state index is 12.0. The van der Waals surface area contributed by atoms with Gasteiger partial charge in [-0.2, -0.15) is 8.42 Å². The number of nitrogens with one attached hydrogen (secondary N) is 1. The Morgan fingerprint density at radius 3 is 1.95 bits per heavy atom. The fraction of sp³-hybridized carbons (Fsp3) is 0. The van der Waals surface area contributed by atoms with Crippen molar-refractivity contribution in [3.05, 3.63) is 76.8 Å². The lowest BCUT2D eigenvalue weighted by atomic mass is 10.1. The van der Waals surface area contributed by atoms with Crippen molar-refractivity contribution < 1.29 is 8.42 Å². The third kappa shape index (κ3) is 2.84. The van der Waals surface area contributed by atoms with E-state index in [2.05, 4.69) is 9.12 Å². The van der Waals surface area contributed by atoms with Crippen molar-refractivity contribution in [2.75, 3.05) is 0 Å². The molecule has 0 saturated carbocycles. The van der Waals surface area contributed by atoms with Gasteiger partial charge in [-0.15, -0.1) is 4.40 Å². The van der Waals surface area contributed by atoms with Crippen LogP contribution in [0, 0.1) is 0 Å². The smallest absolute Gasteiger partial charge is 0.263 e. The zero-order valence-electron chi connectivity index (χ0n) is 10.8. The third-order valence-corrected chi connectivity index (χ3v) is 4.23. The van der Waals surface area contributed by atoms with Gasteiger partial charge in [-0.05, 0) is 0 Å². The van der Waals surface area contributed by atoms with Crippen molar-refractivity contribution in [1.29, 1.82) is 0 Å². The van der Waals surface area contributed by atoms with Crippen LogP contribution in [0.25, 0.3) is 5.70 Å². The van der Waals surface area contributed by atoms with Gasteiger partial charge in [-0.1, -0.05) is 72.3 Å². The van der Waals surface area contributed by atoms with Crippen LogP contribution in [-0.2, 0) is 10.2 Å². The minimum atomic E-state index is -3.81. The van der Waals surface area contributed by atoms with Crippen LogP contribution in [0.15, 0.2) is 70.1 Å². The summed E-state index contributed by atoms with van der Waals surface area (Å²) in [6.45, 7) is 0. The Balaban J connectivity index is 2.19. The van der Waals surface area contributed by atoms with E-state index in [1.165, 1.54) is 0 Å². The molecule has 0 amide bonds. The summed E-state index contributed by atoms with van der Waals surface area (Å²) in [5.41, 5.74) is 1.93. The van der Waals surface area contributed by atoms with Gasteiger partial charge in [0.15, 0.2) is 0 Å². The average Bonchev–Trinajstić information content (AvgIpc) is 2.51. The molecule has 1 heterocycles. The Kier molecular flexibility index (Phi) is 3.53. The second-order valence-electron chi connectivity index (χ2n) is 4.44. The maximum atomic E-state index is 12.0. The lowest BCUT2D eigenvalue weighted by Crippen LogP contribution is -2.28. The molecule has 1 N–H and O–H groups in total. The van der Waals surface area contributed by atoms with Crippen LogP contribution in [0.4, 0.5) is 0 Å². The molecular formula is C15H11ClN2O2S. The number of hydrogen-bond donors (Lipinski definition) is 1. The Morgan fingerprint density at radius 1 is 0.857 bits per heavy atom. The highest BCUT2D eigenvalue weighted by atomic mass is 35.5. The van der Waals surface area contributed by atoms with E-state index in [-0.39, 0.29) is 10.7 Å². The average molecular weight is 319 g/mol. The SMILES string of the molecule is O=S1(=O)N=C(c2ccccc2)C(Cl)=C(c2ccccc2)N1. The molecule has 3 rings (SSSR count). The number of nitrogens with zero attached hydrogens (tertiary/aromatic N) is 1. The molecule has 0 bridgehead atoms. The van der Waals surface area contributed by atoms with E-state index in [1.807, 2.05) is 24.3 Å². The first kappa shape index (κ1) is 13.9. The van der Waals surface area contributed by atoms with Crippen molar-refractivity contribution in [2.45, 2.75) is 0 Å². The summed E-state index contributed by atoms with van der Waals surface area (Å²) < 4.78 is 30.1. The molecule has 21 heavy (non-hydrogen) atoms. The predicted octanol–water partition coefficient (Wildman–Crippen LogP) is 2.93. The first-order valence-electron chi connectivity index (χ1n) is 6.20. The normalized spacial score (nSPS) is 17.1. The number of benzene rings is 2. The summed E-state index contributed by atoms with van der Waals surface area (Å²) in [6, 6.07) is 18.0. The van der Waals surface area contributed by atoms with E-state index in [9.17, 15) is 8.42 Å². The molecule has 0 spiro atoms. The van der Waals surface area contributed by atoms with Gasteiger partial charge in [0.05, 0.1) is 10.7 Å². The fourth-order valence-electron chi connectivity index (χ4n) is 2.04. The van der Waals surface area contributed by atoms with Crippen molar-refractivity contribution >= 4 is 33.2 Å². The van der Waals surface area contributed by atoms with E-state index < -0.39 is 10.2 Å². The summed E-state index contributed by atoms with van der Waals surface area (Å²) in [5, 5.41) is 0.280. The number of hydrogen-bond acceptors (Lipinski definition) is 2. The molecule has 1 aliphatic rings. The molecule has 4 nitrogen and oxygen atoms in total. The van der Waals surface area contributed by atoms with Crippen molar-refractivity contribution in [2.24, 2.45) is 4.40 Å². The van der Waals surface area contributed by atoms with Gasteiger partial charge in [-0.25, -0.2) is 0 Å². The lowest BCUT2D eigenvalue weighted by Gasteiger charge is -2.19. The highest BCUT2D eigenvalue weighted by Crippen LogP contribution is 2.27. The predicted molar refractivity (Wildman–Crippen MR) is 84.2 cm³/mol. The molecule has 0 aliphatic carbocycles. The topological polar surface area (TPSA) is 58.5 Å². The Morgan fingerprint density at radius 2 is 1.38 bits per heavy atom. The van der Waals surface area contributed by atoms with Crippen LogP contribution in [0.1, 0.15) is 11.1 Å². The summed E-state index contributed by atoms with van der Waals surface area (Å²) in [6.07, 6.45) is 0. The Labute approximate surface area is 128 Å². The van der Waals surface area contributed by atoms with Gasteiger partial charge in [0.2, 0.25) is 0 Å². The van der Waals surface area contributed by atoms with E-state index in [0.29, 0.717) is 16.8 Å². The number of allylic oxidation sites excluding steroid dienone is 1.